The third-order valence-corrected chi connectivity index (χ3v) is 6.36. The fourth-order valence-corrected chi connectivity index (χ4v) is 5.91. The molecule has 4 aliphatic rings. The summed E-state index contributed by atoms with van der Waals surface area (Å²) in [6, 6.07) is 8.15. The third-order valence-electron chi connectivity index (χ3n) is 6.36. The molecule has 4 fully saturated rings. The molecule has 1 amide bonds. The number of amides is 1. The second-order valence-corrected chi connectivity index (χ2v) is 7.80. The van der Waals surface area contributed by atoms with Crippen LogP contribution in [-0.4, -0.2) is 5.91 Å². The highest BCUT2D eigenvalue weighted by molar-refractivity contribution is 5.94. The average Bonchev–Trinajstić information content (AvgIpc) is 2.44. The number of hydrogen-bond donors (Lipinski definition) is 1. The third kappa shape index (κ3) is 2.20. The van der Waals surface area contributed by atoms with Crippen molar-refractivity contribution in [3.63, 3.8) is 0 Å². The van der Waals surface area contributed by atoms with Crippen LogP contribution in [0.1, 0.15) is 67.3 Å². The van der Waals surface area contributed by atoms with Crippen LogP contribution in [0, 0.1) is 17.8 Å². The van der Waals surface area contributed by atoms with E-state index in [1.807, 2.05) is 12.1 Å². The molecule has 0 radical (unpaired) electrons. The van der Waals surface area contributed by atoms with Crippen LogP contribution in [-0.2, 0) is 5.41 Å². The van der Waals surface area contributed by atoms with Gasteiger partial charge >= 0.3 is 0 Å². The standard InChI is InChI=1S/C19H25NO/c20-18(21)16-6-1-2-7-17(16)19-10-13-4-3-5-14(11-19)9-15(8-13)12-19/h1-2,6-7,13-15H,3-5,8-12H2,(H2,20,21). The van der Waals surface area contributed by atoms with Gasteiger partial charge in [0.15, 0.2) is 0 Å². The molecule has 1 aromatic rings. The lowest BCUT2D eigenvalue weighted by molar-refractivity contribution is 0.0392. The molecule has 2 N–H and O–H groups in total. The smallest absolute Gasteiger partial charge is 0.248 e. The van der Waals surface area contributed by atoms with E-state index in [4.69, 9.17) is 5.73 Å². The summed E-state index contributed by atoms with van der Waals surface area (Å²) >= 11 is 0. The molecule has 112 valence electrons. The molecule has 5 rings (SSSR count). The first kappa shape index (κ1) is 13.4. The minimum Gasteiger partial charge on any atom is -0.366 e. The molecule has 2 atom stereocenters. The van der Waals surface area contributed by atoms with E-state index in [1.54, 1.807) is 0 Å². The molecule has 21 heavy (non-hydrogen) atoms. The molecule has 0 saturated heterocycles. The lowest BCUT2D eigenvalue weighted by atomic mass is 9.51. The van der Waals surface area contributed by atoms with Gasteiger partial charge in [-0.15, -0.1) is 0 Å². The number of nitrogens with two attached hydrogens (primary N) is 1. The van der Waals surface area contributed by atoms with Gasteiger partial charge in [0, 0.05) is 5.56 Å². The Morgan fingerprint density at radius 3 is 2.29 bits per heavy atom. The summed E-state index contributed by atoms with van der Waals surface area (Å²) in [7, 11) is 0. The molecule has 4 bridgehead atoms. The first-order chi connectivity index (χ1) is 10.2. The summed E-state index contributed by atoms with van der Waals surface area (Å²) in [5.41, 5.74) is 7.94. The van der Waals surface area contributed by atoms with Crippen LogP contribution in [0.4, 0.5) is 0 Å². The molecule has 1 aromatic carbocycles. The molecule has 0 spiro atoms. The molecular formula is C19H25NO. The maximum atomic E-state index is 11.9. The Morgan fingerprint density at radius 1 is 1.00 bits per heavy atom. The highest BCUT2D eigenvalue weighted by Gasteiger charge is 2.48. The lowest BCUT2D eigenvalue weighted by Crippen LogP contribution is -2.45. The first-order valence-electron chi connectivity index (χ1n) is 8.56. The second-order valence-electron chi connectivity index (χ2n) is 7.80. The van der Waals surface area contributed by atoms with Gasteiger partial charge in [-0.3, -0.25) is 4.79 Å². The molecule has 4 aliphatic carbocycles. The predicted molar refractivity (Wildman–Crippen MR) is 84.0 cm³/mol. The van der Waals surface area contributed by atoms with E-state index >= 15 is 0 Å². The van der Waals surface area contributed by atoms with Crippen LogP contribution in [0.25, 0.3) is 0 Å². The Kier molecular flexibility index (Phi) is 3.09. The number of rotatable bonds is 2. The minimum absolute atomic E-state index is 0.239. The number of carbonyl (C=O) groups excluding carboxylic acids is 1. The van der Waals surface area contributed by atoms with Gasteiger partial charge in [0.2, 0.25) is 5.91 Å². The quantitative estimate of drug-likeness (QED) is 0.874. The summed E-state index contributed by atoms with van der Waals surface area (Å²) in [5, 5.41) is 0. The normalized spacial score (nSPS) is 38.0. The van der Waals surface area contributed by atoms with Crippen molar-refractivity contribution in [3.05, 3.63) is 35.4 Å². The van der Waals surface area contributed by atoms with Crippen molar-refractivity contribution in [2.75, 3.05) is 0 Å². The number of primary amides is 1. The Labute approximate surface area is 127 Å². The molecule has 4 saturated carbocycles. The van der Waals surface area contributed by atoms with Gasteiger partial charge in [-0.1, -0.05) is 37.5 Å². The van der Waals surface area contributed by atoms with Crippen LogP contribution >= 0.6 is 0 Å². The van der Waals surface area contributed by atoms with Crippen molar-refractivity contribution >= 4 is 5.91 Å². The summed E-state index contributed by atoms with van der Waals surface area (Å²) in [4.78, 5) is 11.9. The Bertz CT molecular complexity index is 548. The van der Waals surface area contributed by atoms with Crippen molar-refractivity contribution in [2.24, 2.45) is 23.5 Å². The van der Waals surface area contributed by atoms with Crippen molar-refractivity contribution in [1.29, 1.82) is 0 Å². The van der Waals surface area contributed by atoms with E-state index in [9.17, 15) is 4.79 Å². The Hall–Kier alpha value is -1.31. The lowest BCUT2D eigenvalue weighted by Gasteiger charge is -2.53. The summed E-state index contributed by atoms with van der Waals surface area (Å²) in [6.07, 6.45) is 10.9. The van der Waals surface area contributed by atoms with Crippen molar-refractivity contribution in [3.8, 4) is 0 Å². The highest BCUT2D eigenvalue weighted by atomic mass is 16.1. The summed E-state index contributed by atoms with van der Waals surface area (Å²) < 4.78 is 0. The van der Waals surface area contributed by atoms with Gasteiger partial charge in [0.05, 0.1) is 0 Å². The van der Waals surface area contributed by atoms with Crippen molar-refractivity contribution < 1.29 is 4.79 Å². The number of benzene rings is 1. The monoisotopic (exact) mass is 283 g/mol. The van der Waals surface area contributed by atoms with Gasteiger partial charge in [-0.2, -0.15) is 0 Å². The average molecular weight is 283 g/mol. The molecule has 2 heteroatoms. The van der Waals surface area contributed by atoms with Crippen LogP contribution in [0.5, 0.6) is 0 Å². The number of fused-ring (bicyclic) bond motifs is 2. The molecular weight excluding hydrogens is 258 g/mol. The largest absolute Gasteiger partial charge is 0.366 e. The number of hydrogen-bond acceptors (Lipinski definition) is 1. The zero-order chi connectivity index (χ0) is 14.4. The second kappa shape index (κ2) is 4.86. The SMILES string of the molecule is NC(=O)c1ccccc1C12CC3CCCC(CC(C3)C1)C2. The van der Waals surface area contributed by atoms with Crippen LogP contribution in [0.15, 0.2) is 24.3 Å². The van der Waals surface area contributed by atoms with E-state index < -0.39 is 0 Å². The zero-order valence-corrected chi connectivity index (χ0v) is 12.7. The van der Waals surface area contributed by atoms with Gasteiger partial charge in [-0.05, 0) is 66.9 Å². The van der Waals surface area contributed by atoms with Crippen molar-refractivity contribution in [1.82, 2.24) is 0 Å². The number of carbonyl (C=O) groups is 1. The molecule has 0 aromatic heterocycles. The van der Waals surface area contributed by atoms with Gasteiger partial charge in [0.25, 0.3) is 0 Å². The van der Waals surface area contributed by atoms with Gasteiger partial charge in [-0.25, -0.2) is 0 Å². The van der Waals surface area contributed by atoms with Crippen molar-refractivity contribution in [2.45, 2.75) is 56.8 Å². The zero-order valence-electron chi connectivity index (χ0n) is 12.7. The Balaban J connectivity index is 1.81. The predicted octanol–water partition coefficient (Wildman–Crippen LogP) is 4.03. The molecule has 0 heterocycles. The maximum Gasteiger partial charge on any atom is 0.248 e. The first-order valence-corrected chi connectivity index (χ1v) is 8.56. The van der Waals surface area contributed by atoms with E-state index in [1.165, 1.54) is 56.9 Å². The van der Waals surface area contributed by atoms with E-state index in [2.05, 4.69) is 12.1 Å². The van der Waals surface area contributed by atoms with E-state index in [0.29, 0.717) is 0 Å². The molecule has 2 nitrogen and oxygen atoms in total. The van der Waals surface area contributed by atoms with Gasteiger partial charge < -0.3 is 5.73 Å². The van der Waals surface area contributed by atoms with Crippen LogP contribution < -0.4 is 5.73 Å². The fraction of sp³-hybridized carbons (Fsp3) is 0.632. The topological polar surface area (TPSA) is 43.1 Å². The van der Waals surface area contributed by atoms with Gasteiger partial charge in [0.1, 0.15) is 0 Å². The van der Waals surface area contributed by atoms with Crippen LogP contribution in [0.3, 0.4) is 0 Å². The van der Waals surface area contributed by atoms with E-state index in [-0.39, 0.29) is 11.3 Å². The van der Waals surface area contributed by atoms with E-state index in [0.717, 1.165) is 23.3 Å². The fourth-order valence-electron chi connectivity index (χ4n) is 5.91. The summed E-state index contributed by atoms with van der Waals surface area (Å²) in [5.74, 6) is 2.36. The maximum absolute atomic E-state index is 11.9. The minimum atomic E-state index is -0.252. The highest BCUT2D eigenvalue weighted by Crippen LogP contribution is 2.57. The summed E-state index contributed by atoms with van der Waals surface area (Å²) in [6.45, 7) is 0. The molecule has 2 unspecified atom stereocenters. The molecule has 0 aliphatic heterocycles. The Morgan fingerprint density at radius 2 is 1.62 bits per heavy atom. The van der Waals surface area contributed by atoms with Crippen LogP contribution in [0.2, 0.25) is 0 Å².